The Morgan fingerprint density at radius 1 is 0.404 bits per heavy atom. The van der Waals surface area contributed by atoms with Crippen molar-refractivity contribution in [3.63, 3.8) is 0 Å². The first-order valence-electron chi connectivity index (χ1n) is 18.4. The molecule has 2 nitrogen and oxygen atoms in total. The molecule has 2 aliphatic heterocycles. The first-order valence-corrected chi connectivity index (χ1v) is 20.0. The van der Waals surface area contributed by atoms with Crippen LogP contribution in [0.5, 0.6) is 0 Å². The van der Waals surface area contributed by atoms with Crippen LogP contribution in [0.25, 0.3) is 45.8 Å². The summed E-state index contributed by atoms with van der Waals surface area (Å²) in [7, 11) is 0. The zero-order valence-electron chi connectivity index (χ0n) is 29.6. The summed E-state index contributed by atoms with van der Waals surface area (Å²) in [6, 6.07) is 49.2. The number of benzene rings is 7. The van der Waals surface area contributed by atoms with Crippen molar-refractivity contribution in [2.75, 3.05) is 22.9 Å². The van der Waals surface area contributed by atoms with Gasteiger partial charge in [0.05, 0.1) is 22.7 Å². The number of fused-ring (bicyclic) bond motifs is 6. The standard InChI is InChI=1S/C48H40N2S2/c1-3-29-49-41-17-9-11-19-45(41)51-47-31-33(23-27-43(47)49)21-25-39-35-13-5-7-15-37(35)40(38-16-8-6-14-36(38)39)26-22-34-24-28-44-48(32-34)52-46-20-12-10-18-42(46)50(44)30-4-2/h5-28,31-32H,3-4,29-30H2,1-2H3/b25-21+,26-22+. The Morgan fingerprint density at radius 2 is 0.769 bits per heavy atom. The van der Waals surface area contributed by atoms with E-state index in [1.807, 2.05) is 23.5 Å². The molecule has 0 amide bonds. The summed E-state index contributed by atoms with van der Waals surface area (Å²) in [6.45, 7) is 6.53. The smallest absolute Gasteiger partial charge is 0.0553 e. The molecule has 0 saturated carbocycles. The molecular formula is C48H40N2S2. The Morgan fingerprint density at radius 3 is 1.17 bits per heavy atom. The van der Waals surface area contributed by atoms with E-state index < -0.39 is 0 Å². The minimum absolute atomic E-state index is 1.01. The topological polar surface area (TPSA) is 6.48 Å². The van der Waals surface area contributed by atoms with Gasteiger partial charge in [-0.25, -0.2) is 0 Å². The highest BCUT2D eigenvalue weighted by Gasteiger charge is 2.24. The van der Waals surface area contributed by atoms with Gasteiger partial charge in [-0.15, -0.1) is 0 Å². The van der Waals surface area contributed by atoms with Gasteiger partial charge in [-0.05, 0) is 105 Å². The van der Waals surface area contributed by atoms with E-state index in [1.165, 1.54) is 86.1 Å². The molecule has 9 rings (SSSR count). The fourth-order valence-corrected chi connectivity index (χ4v) is 10.0. The molecule has 0 aliphatic carbocycles. The van der Waals surface area contributed by atoms with Crippen molar-refractivity contribution in [1.82, 2.24) is 0 Å². The maximum Gasteiger partial charge on any atom is 0.0553 e. The van der Waals surface area contributed by atoms with Crippen molar-refractivity contribution in [2.24, 2.45) is 0 Å². The van der Waals surface area contributed by atoms with E-state index in [0.717, 1.165) is 25.9 Å². The molecule has 0 saturated heterocycles. The first kappa shape index (κ1) is 32.7. The summed E-state index contributed by atoms with van der Waals surface area (Å²) in [5.41, 5.74) is 10.2. The van der Waals surface area contributed by atoms with Crippen LogP contribution < -0.4 is 9.80 Å². The fraction of sp³-hybridized carbons (Fsp3) is 0.125. The van der Waals surface area contributed by atoms with Crippen LogP contribution in [-0.4, -0.2) is 13.1 Å². The van der Waals surface area contributed by atoms with Crippen LogP contribution in [0, 0.1) is 0 Å². The summed E-state index contributed by atoms with van der Waals surface area (Å²) in [6.07, 6.45) is 11.4. The lowest BCUT2D eigenvalue weighted by atomic mass is 9.91. The van der Waals surface area contributed by atoms with Gasteiger partial charge in [0.1, 0.15) is 0 Å². The zero-order valence-corrected chi connectivity index (χ0v) is 31.2. The van der Waals surface area contributed by atoms with Crippen LogP contribution in [0.3, 0.4) is 0 Å². The number of hydrogen-bond acceptors (Lipinski definition) is 4. The number of rotatable bonds is 8. The highest BCUT2D eigenvalue weighted by atomic mass is 32.2. The van der Waals surface area contributed by atoms with Crippen LogP contribution in [-0.2, 0) is 0 Å². The SMILES string of the molecule is CCCN1c2ccccc2Sc2cc(/C=C/c3c4ccccc4c(/C=C/c4ccc5c(c4)Sc4ccccc4N5CCC)c4ccccc34)ccc21. The Bertz CT molecular complexity index is 2300. The van der Waals surface area contributed by atoms with Crippen LogP contribution in [0.2, 0.25) is 0 Å². The third kappa shape index (κ3) is 5.90. The molecule has 0 radical (unpaired) electrons. The van der Waals surface area contributed by atoms with Crippen molar-refractivity contribution >= 4 is 92.1 Å². The molecule has 7 aromatic rings. The normalized spacial score (nSPS) is 13.5. The van der Waals surface area contributed by atoms with E-state index in [-0.39, 0.29) is 0 Å². The highest BCUT2D eigenvalue weighted by molar-refractivity contribution is 8.00. The van der Waals surface area contributed by atoms with Crippen LogP contribution in [0.15, 0.2) is 153 Å². The predicted octanol–water partition coefficient (Wildman–Crippen LogP) is 14.4. The van der Waals surface area contributed by atoms with Crippen molar-refractivity contribution in [1.29, 1.82) is 0 Å². The van der Waals surface area contributed by atoms with Crippen molar-refractivity contribution in [3.8, 4) is 0 Å². The summed E-state index contributed by atoms with van der Waals surface area (Å²) in [5, 5.41) is 5.06. The van der Waals surface area contributed by atoms with Gasteiger partial charge >= 0.3 is 0 Å². The number of nitrogens with zero attached hydrogens (tertiary/aromatic N) is 2. The van der Waals surface area contributed by atoms with Crippen molar-refractivity contribution in [2.45, 2.75) is 46.3 Å². The molecule has 0 spiro atoms. The Labute approximate surface area is 315 Å². The quantitative estimate of drug-likeness (QED) is 0.114. The lowest BCUT2D eigenvalue weighted by Crippen LogP contribution is -2.21. The Kier molecular flexibility index (Phi) is 8.88. The second-order valence-corrected chi connectivity index (χ2v) is 15.6. The van der Waals surface area contributed by atoms with Crippen LogP contribution in [0.4, 0.5) is 22.7 Å². The molecule has 0 bridgehead atoms. The molecule has 0 fully saturated rings. The summed E-state index contributed by atoms with van der Waals surface area (Å²) in [5.74, 6) is 0. The van der Waals surface area contributed by atoms with Crippen LogP contribution in [0.1, 0.15) is 48.9 Å². The van der Waals surface area contributed by atoms with Gasteiger partial charge in [0, 0.05) is 32.7 Å². The predicted molar refractivity (Wildman–Crippen MR) is 228 cm³/mol. The van der Waals surface area contributed by atoms with E-state index in [0.29, 0.717) is 0 Å². The van der Waals surface area contributed by atoms with Gasteiger partial charge in [0.25, 0.3) is 0 Å². The minimum Gasteiger partial charge on any atom is -0.340 e. The Balaban J connectivity index is 1.08. The first-order chi connectivity index (χ1) is 25.7. The molecule has 7 aromatic carbocycles. The van der Waals surface area contributed by atoms with E-state index >= 15 is 0 Å². The zero-order chi connectivity index (χ0) is 35.0. The minimum atomic E-state index is 1.01. The number of hydrogen-bond donors (Lipinski definition) is 0. The molecule has 52 heavy (non-hydrogen) atoms. The third-order valence-corrected chi connectivity index (χ3v) is 12.3. The maximum absolute atomic E-state index is 2.48. The monoisotopic (exact) mass is 708 g/mol. The second-order valence-electron chi connectivity index (χ2n) is 13.5. The lowest BCUT2D eigenvalue weighted by Gasteiger charge is -2.32. The van der Waals surface area contributed by atoms with Crippen molar-refractivity contribution in [3.05, 3.63) is 156 Å². The van der Waals surface area contributed by atoms with Gasteiger partial charge in [-0.2, -0.15) is 0 Å². The van der Waals surface area contributed by atoms with Gasteiger partial charge < -0.3 is 9.80 Å². The van der Waals surface area contributed by atoms with Crippen molar-refractivity contribution < 1.29 is 0 Å². The molecule has 0 aromatic heterocycles. The molecule has 254 valence electrons. The summed E-state index contributed by atoms with van der Waals surface area (Å²) >= 11 is 3.76. The van der Waals surface area contributed by atoms with Gasteiger partial charge in [0.2, 0.25) is 0 Å². The summed E-state index contributed by atoms with van der Waals surface area (Å²) in [4.78, 5) is 10.2. The number of para-hydroxylation sites is 2. The second kappa shape index (κ2) is 14.1. The molecular weight excluding hydrogens is 669 g/mol. The molecule has 0 atom stereocenters. The summed E-state index contributed by atoms with van der Waals surface area (Å²) < 4.78 is 0. The molecule has 0 unspecified atom stereocenters. The van der Waals surface area contributed by atoms with Crippen LogP contribution >= 0.6 is 23.5 Å². The van der Waals surface area contributed by atoms with Gasteiger partial charge in [-0.1, -0.05) is 147 Å². The largest absolute Gasteiger partial charge is 0.340 e. The Hall–Kier alpha value is -5.16. The van der Waals surface area contributed by atoms with E-state index in [4.69, 9.17) is 0 Å². The molecule has 2 aliphatic rings. The average Bonchev–Trinajstić information content (AvgIpc) is 3.19. The van der Waals surface area contributed by atoms with Gasteiger partial charge in [0.15, 0.2) is 0 Å². The average molecular weight is 709 g/mol. The maximum atomic E-state index is 2.48. The van der Waals surface area contributed by atoms with E-state index in [2.05, 4.69) is 181 Å². The third-order valence-electron chi connectivity index (χ3n) is 10.1. The molecule has 4 heteroatoms. The van der Waals surface area contributed by atoms with E-state index in [9.17, 15) is 0 Å². The lowest BCUT2D eigenvalue weighted by molar-refractivity contribution is 0.866. The number of anilines is 4. The molecule has 2 heterocycles. The van der Waals surface area contributed by atoms with Gasteiger partial charge in [-0.3, -0.25) is 0 Å². The highest BCUT2D eigenvalue weighted by Crippen LogP contribution is 2.50. The van der Waals surface area contributed by atoms with E-state index in [1.54, 1.807) is 0 Å². The fourth-order valence-electron chi connectivity index (χ4n) is 7.75. The molecule has 0 N–H and O–H groups in total.